The number of carbonyl (C=O) groups is 1. The molecule has 0 atom stereocenters. The van der Waals surface area contributed by atoms with Gasteiger partial charge < -0.3 is 9.88 Å². The molecule has 1 heterocycles. The minimum atomic E-state index is 0.0926. The van der Waals surface area contributed by atoms with Gasteiger partial charge in [0.25, 0.3) is 0 Å². The summed E-state index contributed by atoms with van der Waals surface area (Å²) < 4.78 is 1.92. The van der Waals surface area contributed by atoms with E-state index in [1.165, 1.54) is 12.8 Å². The Labute approximate surface area is 96.1 Å². The van der Waals surface area contributed by atoms with Crippen molar-refractivity contribution in [3.63, 3.8) is 0 Å². The van der Waals surface area contributed by atoms with Crippen LogP contribution in [0.3, 0.4) is 0 Å². The van der Waals surface area contributed by atoms with Crippen molar-refractivity contribution in [2.45, 2.75) is 39.7 Å². The molecule has 1 N–H and O–H groups in total. The summed E-state index contributed by atoms with van der Waals surface area (Å²) in [6.07, 6.45) is 5.41. The molecule has 0 spiro atoms. The maximum Gasteiger partial charge on any atom is 0.239 e. The molecular weight excluding hydrogens is 202 g/mol. The minimum Gasteiger partial charge on any atom is -0.354 e. The van der Waals surface area contributed by atoms with Crippen molar-refractivity contribution >= 4 is 5.91 Å². The van der Waals surface area contributed by atoms with Gasteiger partial charge in [-0.25, -0.2) is 4.98 Å². The lowest BCUT2D eigenvalue weighted by Gasteiger charge is -2.05. The van der Waals surface area contributed by atoms with Crippen LogP contribution in [0.4, 0.5) is 0 Å². The third-order valence-electron chi connectivity index (χ3n) is 2.99. The summed E-state index contributed by atoms with van der Waals surface area (Å²) in [5.41, 5.74) is 1.05. The molecule has 2 rings (SSSR count). The molecule has 0 unspecified atom stereocenters. The fraction of sp³-hybridized carbons (Fsp3) is 0.667. The SMILES string of the molecule is CCc1cn(CC(=O)NCC2CC2)c(C)n1. The lowest BCUT2D eigenvalue weighted by molar-refractivity contribution is -0.121. The van der Waals surface area contributed by atoms with Gasteiger partial charge in [0.2, 0.25) is 5.91 Å². The number of aryl methyl sites for hydroxylation is 2. The Morgan fingerprint density at radius 1 is 1.62 bits per heavy atom. The summed E-state index contributed by atoms with van der Waals surface area (Å²) in [6.45, 7) is 5.24. The molecule has 1 aromatic heterocycles. The highest BCUT2D eigenvalue weighted by molar-refractivity contribution is 5.75. The number of carbonyl (C=O) groups excluding carboxylic acids is 1. The Morgan fingerprint density at radius 3 is 2.94 bits per heavy atom. The molecule has 4 nitrogen and oxygen atoms in total. The predicted octanol–water partition coefficient (Wildman–Crippen LogP) is 1.28. The monoisotopic (exact) mass is 221 g/mol. The number of imidazole rings is 1. The number of amides is 1. The van der Waals surface area contributed by atoms with Crippen LogP contribution in [0.15, 0.2) is 6.20 Å². The minimum absolute atomic E-state index is 0.0926. The van der Waals surface area contributed by atoms with Gasteiger partial charge in [-0.1, -0.05) is 6.92 Å². The second-order valence-electron chi connectivity index (χ2n) is 4.51. The first-order valence-electron chi connectivity index (χ1n) is 5.98. The van der Waals surface area contributed by atoms with E-state index in [9.17, 15) is 4.79 Å². The van der Waals surface area contributed by atoms with Gasteiger partial charge in [-0.3, -0.25) is 4.79 Å². The van der Waals surface area contributed by atoms with Crippen LogP contribution in [-0.2, 0) is 17.8 Å². The normalized spacial score (nSPS) is 15.1. The van der Waals surface area contributed by atoms with Crippen LogP contribution in [0.2, 0.25) is 0 Å². The summed E-state index contributed by atoms with van der Waals surface area (Å²) in [6, 6.07) is 0. The number of nitrogens with one attached hydrogen (secondary N) is 1. The zero-order valence-corrected chi connectivity index (χ0v) is 9.99. The van der Waals surface area contributed by atoms with Crippen LogP contribution in [0, 0.1) is 12.8 Å². The number of hydrogen-bond donors (Lipinski definition) is 1. The Hall–Kier alpha value is -1.32. The number of hydrogen-bond acceptors (Lipinski definition) is 2. The molecule has 1 aliphatic rings. The summed E-state index contributed by atoms with van der Waals surface area (Å²) in [5.74, 6) is 1.74. The lowest BCUT2D eigenvalue weighted by atomic mass is 10.4. The van der Waals surface area contributed by atoms with Crippen molar-refractivity contribution in [1.29, 1.82) is 0 Å². The molecule has 88 valence electrons. The van der Waals surface area contributed by atoms with Crippen LogP contribution in [0.1, 0.15) is 31.3 Å². The van der Waals surface area contributed by atoms with Gasteiger partial charge in [0.1, 0.15) is 12.4 Å². The zero-order valence-electron chi connectivity index (χ0n) is 9.99. The molecule has 0 saturated heterocycles. The molecule has 1 amide bonds. The third kappa shape index (κ3) is 2.84. The van der Waals surface area contributed by atoms with Crippen LogP contribution in [0.5, 0.6) is 0 Å². The van der Waals surface area contributed by atoms with Crippen molar-refractivity contribution < 1.29 is 4.79 Å². The maximum absolute atomic E-state index is 11.6. The summed E-state index contributed by atoms with van der Waals surface area (Å²) in [7, 11) is 0. The van der Waals surface area contributed by atoms with Gasteiger partial charge in [0.15, 0.2) is 0 Å². The average Bonchev–Trinajstić information content (AvgIpc) is 3.02. The van der Waals surface area contributed by atoms with Crippen LogP contribution in [0.25, 0.3) is 0 Å². The predicted molar refractivity (Wildman–Crippen MR) is 62.1 cm³/mol. The topological polar surface area (TPSA) is 46.9 Å². The molecule has 1 aromatic rings. The molecule has 0 aromatic carbocycles. The van der Waals surface area contributed by atoms with E-state index in [4.69, 9.17) is 0 Å². The van der Waals surface area contributed by atoms with Gasteiger partial charge in [0, 0.05) is 12.7 Å². The van der Waals surface area contributed by atoms with Crippen LogP contribution < -0.4 is 5.32 Å². The second kappa shape index (κ2) is 4.68. The van der Waals surface area contributed by atoms with Crippen LogP contribution >= 0.6 is 0 Å². The first-order valence-corrected chi connectivity index (χ1v) is 5.98. The summed E-state index contributed by atoms with van der Waals surface area (Å²) in [4.78, 5) is 16.0. The van der Waals surface area contributed by atoms with Gasteiger partial charge in [-0.2, -0.15) is 0 Å². The quantitative estimate of drug-likeness (QED) is 0.814. The summed E-state index contributed by atoms with van der Waals surface area (Å²) in [5, 5.41) is 2.96. The van der Waals surface area contributed by atoms with Gasteiger partial charge >= 0.3 is 0 Å². The molecule has 0 radical (unpaired) electrons. The van der Waals surface area contributed by atoms with Crippen molar-refractivity contribution in [2.75, 3.05) is 6.54 Å². The van der Waals surface area contributed by atoms with E-state index >= 15 is 0 Å². The highest BCUT2D eigenvalue weighted by Crippen LogP contribution is 2.27. The lowest BCUT2D eigenvalue weighted by Crippen LogP contribution is -2.29. The molecule has 16 heavy (non-hydrogen) atoms. The largest absolute Gasteiger partial charge is 0.354 e. The van der Waals surface area contributed by atoms with E-state index in [0.717, 1.165) is 30.4 Å². The van der Waals surface area contributed by atoms with Crippen molar-refractivity contribution in [1.82, 2.24) is 14.9 Å². The van der Waals surface area contributed by atoms with Crippen LogP contribution in [-0.4, -0.2) is 22.0 Å². The van der Waals surface area contributed by atoms with Gasteiger partial charge in [-0.05, 0) is 32.1 Å². The van der Waals surface area contributed by atoms with E-state index in [0.29, 0.717) is 6.54 Å². The second-order valence-corrected chi connectivity index (χ2v) is 4.51. The Morgan fingerprint density at radius 2 is 2.38 bits per heavy atom. The summed E-state index contributed by atoms with van der Waals surface area (Å²) >= 11 is 0. The third-order valence-corrected chi connectivity index (χ3v) is 2.99. The fourth-order valence-electron chi connectivity index (χ4n) is 1.70. The Kier molecular flexibility index (Phi) is 3.27. The van der Waals surface area contributed by atoms with E-state index in [-0.39, 0.29) is 5.91 Å². The number of rotatable bonds is 5. The highest BCUT2D eigenvalue weighted by atomic mass is 16.1. The van der Waals surface area contributed by atoms with Gasteiger partial charge in [-0.15, -0.1) is 0 Å². The fourth-order valence-corrected chi connectivity index (χ4v) is 1.70. The number of aromatic nitrogens is 2. The van der Waals surface area contributed by atoms with Crippen molar-refractivity contribution in [2.24, 2.45) is 5.92 Å². The molecule has 4 heteroatoms. The Balaban J connectivity index is 1.86. The highest BCUT2D eigenvalue weighted by Gasteiger charge is 2.21. The molecule has 1 saturated carbocycles. The molecular formula is C12H19N3O. The Bertz CT molecular complexity index is 380. The molecule has 0 aliphatic heterocycles. The maximum atomic E-state index is 11.6. The zero-order chi connectivity index (χ0) is 11.5. The first kappa shape index (κ1) is 11.2. The van der Waals surface area contributed by atoms with E-state index in [1.54, 1.807) is 0 Å². The van der Waals surface area contributed by atoms with Crippen molar-refractivity contribution in [3.8, 4) is 0 Å². The van der Waals surface area contributed by atoms with E-state index in [1.807, 2.05) is 17.7 Å². The smallest absolute Gasteiger partial charge is 0.239 e. The first-order chi connectivity index (χ1) is 7.69. The van der Waals surface area contributed by atoms with Crippen molar-refractivity contribution in [3.05, 3.63) is 17.7 Å². The standard InChI is InChI=1S/C12H19N3O/c1-3-11-7-15(9(2)14-11)8-12(16)13-6-10-4-5-10/h7,10H,3-6,8H2,1-2H3,(H,13,16). The molecule has 1 aliphatic carbocycles. The van der Waals surface area contributed by atoms with E-state index < -0.39 is 0 Å². The number of nitrogens with zero attached hydrogens (tertiary/aromatic N) is 2. The molecule has 0 bridgehead atoms. The average molecular weight is 221 g/mol. The van der Waals surface area contributed by atoms with Gasteiger partial charge in [0.05, 0.1) is 5.69 Å². The molecule has 1 fully saturated rings. The van der Waals surface area contributed by atoms with E-state index in [2.05, 4.69) is 17.2 Å².